The zero-order valence-electron chi connectivity index (χ0n) is 8.93. The molecule has 0 spiro atoms. The van der Waals surface area contributed by atoms with Gasteiger partial charge in [-0.2, -0.15) is 0 Å². The molecule has 0 aliphatic heterocycles. The highest BCUT2D eigenvalue weighted by atomic mass is 79.9. The lowest BCUT2D eigenvalue weighted by Crippen LogP contribution is -2.27. The Bertz CT molecular complexity index is 396. The van der Waals surface area contributed by atoms with Crippen molar-refractivity contribution in [3.05, 3.63) is 28.2 Å². The van der Waals surface area contributed by atoms with Crippen molar-refractivity contribution in [1.82, 2.24) is 0 Å². The largest absolute Gasteiger partial charge is 0.324 e. The van der Waals surface area contributed by atoms with Gasteiger partial charge < -0.3 is 5.32 Å². The summed E-state index contributed by atoms with van der Waals surface area (Å²) in [4.78, 5) is 11.5. The van der Waals surface area contributed by atoms with Crippen LogP contribution in [0.3, 0.4) is 0 Å². The average molecular weight is 325 g/mol. The quantitative estimate of drug-likeness (QED) is 0.823. The zero-order chi connectivity index (χ0) is 12.3. The topological polar surface area (TPSA) is 29.1 Å². The van der Waals surface area contributed by atoms with Crippen LogP contribution in [-0.2, 0) is 4.79 Å². The minimum absolute atomic E-state index is 0.126. The van der Waals surface area contributed by atoms with Crippen molar-refractivity contribution in [3.63, 3.8) is 0 Å². The first-order valence-corrected chi connectivity index (χ1v) is 6.49. The van der Waals surface area contributed by atoms with Gasteiger partial charge in [0.2, 0.25) is 5.91 Å². The summed E-state index contributed by atoms with van der Waals surface area (Å²) in [5.74, 6) is 0.0807. The van der Waals surface area contributed by atoms with Gasteiger partial charge in [0, 0.05) is 5.02 Å². The van der Waals surface area contributed by atoms with Gasteiger partial charge in [0.15, 0.2) is 0 Å². The molecule has 1 unspecified atom stereocenters. The molecule has 0 saturated heterocycles. The van der Waals surface area contributed by atoms with Gasteiger partial charge in [0.25, 0.3) is 0 Å². The number of rotatable bonds is 3. The third-order valence-electron chi connectivity index (χ3n) is 2.02. The van der Waals surface area contributed by atoms with Gasteiger partial charge in [0.1, 0.15) is 0 Å². The molecular formula is C11H12BrCl2NO. The van der Waals surface area contributed by atoms with E-state index in [1.54, 1.807) is 18.2 Å². The molecule has 1 aromatic rings. The zero-order valence-corrected chi connectivity index (χ0v) is 12.0. The predicted molar refractivity (Wildman–Crippen MR) is 72.6 cm³/mol. The summed E-state index contributed by atoms with van der Waals surface area (Å²) in [6, 6.07) is 4.95. The summed E-state index contributed by atoms with van der Waals surface area (Å²) >= 11 is 15.1. The fourth-order valence-electron chi connectivity index (χ4n) is 1.10. The van der Waals surface area contributed by atoms with Gasteiger partial charge in [-0.1, -0.05) is 53.0 Å². The summed E-state index contributed by atoms with van der Waals surface area (Å²) in [6.07, 6.45) is 0. The molecule has 0 radical (unpaired) electrons. The average Bonchev–Trinajstić information content (AvgIpc) is 2.22. The summed E-state index contributed by atoms with van der Waals surface area (Å²) in [6.45, 7) is 3.91. The summed E-state index contributed by atoms with van der Waals surface area (Å²) in [5.41, 5.74) is 0.532. The highest BCUT2D eigenvalue weighted by Gasteiger charge is 2.19. The van der Waals surface area contributed by atoms with Gasteiger partial charge in [0.05, 0.1) is 15.5 Å². The number of halogens is 3. The van der Waals surface area contributed by atoms with Crippen molar-refractivity contribution < 1.29 is 4.79 Å². The summed E-state index contributed by atoms with van der Waals surface area (Å²) in [7, 11) is 0. The van der Waals surface area contributed by atoms with Crippen molar-refractivity contribution in [2.24, 2.45) is 5.92 Å². The number of alkyl halides is 1. The van der Waals surface area contributed by atoms with Crippen LogP contribution in [0, 0.1) is 5.92 Å². The molecule has 0 aliphatic rings. The van der Waals surface area contributed by atoms with E-state index in [2.05, 4.69) is 21.2 Å². The van der Waals surface area contributed by atoms with Crippen LogP contribution >= 0.6 is 39.1 Å². The molecule has 0 heterocycles. The highest BCUT2D eigenvalue weighted by Crippen LogP contribution is 2.26. The Balaban J connectivity index is 2.80. The standard InChI is InChI=1S/C11H12BrCl2NO/c1-6(2)10(12)11(16)15-9-5-7(13)3-4-8(9)14/h3-6,10H,1-2H3,(H,15,16). The van der Waals surface area contributed by atoms with Crippen molar-refractivity contribution in [2.75, 3.05) is 5.32 Å². The van der Waals surface area contributed by atoms with Crippen molar-refractivity contribution >= 4 is 50.7 Å². The number of nitrogens with one attached hydrogen (secondary N) is 1. The van der Waals surface area contributed by atoms with E-state index in [1.807, 2.05) is 13.8 Å². The van der Waals surface area contributed by atoms with Gasteiger partial charge >= 0.3 is 0 Å². The third kappa shape index (κ3) is 3.65. The first kappa shape index (κ1) is 13.8. The third-order valence-corrected chi connectivity index (χ3v) is 4.06. The van der Waals surface area contributed by atoms with E-state index in [0.29, 0.717) is 15.7 Å². The molecule has 0 bridgehead atoms. The smallest absolute Gasteiger partial charge is 0.238 e. The van der Waals surface area contributed by atoms with Crippen LogP contribution < -0.4 is 5.32 Å². The van der Waals surface area contributed by atoms with Gasteiger partial charge in [-0.15, -0.1) is 0 Å². The molecule has 5 heteroatoms. The lowest BCUT2D eigenvalue weighted by molar-refractivity contribution is -0.116. The Kier molecular flexibility index (Phi) is 5.09. The molecule has 1 aromatic carbocycles. The maximum absolute atomic E-state index is 11.8. The first-order chi connectivity index (χ1) is 7.41. The van der Waals surface area contributed by atoms with E-state index in [9.17, 15) is 4.79 Å². The van der Waals surface area contributed by atoms with E-state index >= 15 is 0 Å². The number of benzene rings is 1. The lowest BCUT2D eigenvalue weighted by atomic mass is 10.1. The van der Waals surface area contributed by atoms with Gasteiger partial charge in [-0.25, -0.2) is 0 Å². The molecule has 0 aliphatic carbocycles. The second-order valence-corrected chi connectivity index (χ2v) is 5.59. The van der Waals surface area contributed by atoms with Crippen LogP contribution in [0.1, 0.15) is 13.8 Å². The lowest BCUT2D eigenvalue weighted by Gasteiger charge is -2.14. The van der Waals surface area contributed by atoms with Crippen LogP contribution in [0.5, 0.6) is 0 Å². The van der Waals surface area contributed by atoms with E-state index in [0.717, 1.165) is 0 Å². The Morgan fingerprint density at radius 3 is 2.56 bits per heavy atom. The molecule has 1 amide bonds. The second kappa shape index (κ2) is 5.89. The molecule has 88 valence electrons. The molecule has 2 nitrogen and oxygen atoms in total. The Morgan fingerprint density at radius 2 is 2.00 bits per heavy atom. The number of hydrogen-bond donors (Lipinski definition) is 1. The maximum atomic E-state index is 11.8. The molecule has 1 N–H and O–H groups in total. The summed E-state index contributed by atoms with van der Waals surface area (Å²) < 4.78 is 0. The summed E-state index contributed by atoms with van der Waals surface area (Å²) in [5, 5.41) is 3.74. The number of hydrogen-bond acceptors (Lipinski definition) is 1. The van der Waals surface area contributed by atoms with E-state index in [-0.39, 0.29) is 16.7 Å². The number of carbonyl (C=O) groups excluding carboxylic acids is 1. The van der Waals surface area contributed by atoms with Crippen molar-refractivity contribution in [2.45, 2.75) is 18.7 Å². The Labute approximate surface area is 113 Å². The minimum Gasteiger partial charge on any atom is -0.324 e. The number of amides is 1. The molecular weight excluding hydrogens is 313 g/mol. The second-order valence-electron chi connectivity index (χ2n) is 3.76. The Morgan fingerprint density at radius 1 is 1.38 bits per heavy atom. The molecule has 1 rings (SSSR count). The van der Waals surface area contributed by atoms with Crippen LogP contribution in [0.2, 0.25) is 10.0 Å². The van der Waals surface area contributed by atoms with Gasteiger partial charge in [-0.3, -0.25) is 4.79 Å². The number of anilines is 1. The molecule has 0 aromatic heterocycles. The van der Waals surface area contributed by atoms with Gasteiger partial charge in [-0.05, 0) is 24.1 Å². The normalized spacial score (nSPS) is 12.6. The monoisotopic (exact) mass is 323 g/mol. The predicted octanol–water partition coefficient (Wildman–Crippen LogP) is 4.35. The van der Waals surface area contributed by atoms with E-state index in [4.69, 9.17) is 23.2 Å². The first-order valence-electron chi connectivity index (χ1n) is 4.82. The van der Waals surface area contributed by atoms with E-state index in [1.165, 1.54) is 0 Å². The van der Waals surface area contributed by atoms with E-state index < -0.39 is 0 Å². The maximum Gasteiger partial charge on any atom is 0.238 e. The van der Waals surface area contributed by atoms with Crippen LogP contribution in [-0.4, -0.2) is 10.7 Å². The molecule has 0 saturated carbocycles. The van der Waals surface area contributed by atoms with Crippen LogP contribution in [0.15, 0.2) is 18.2 Å². The molecule has 16 heavy (non-hydrogen) atoms. The highest BCUT2D eigenvalue weighted by molar-refractivity contribution is 9.10. The van der Waals surface area contributed by atoms with Crippen molar-refractivity contribution in [3.8, 4) is 0 Å². The molecule has 1 atom stereocenters. The fraction of sp³-hybridized carbons (Fsp3) is 0.364. The Hall–Kier alpha value is -0.250. The number of carbonyl (C=O) groups is 1. The fourth-order valence-corrected chi connectivity index (χ4v) is 1.55. The molecule has 0 fully saturated rings. The minimum atomic E-state index is -0.248. The van der Waals surface area contributed by atoms with Crippen molar-refractivity contribution in [1.29, 1.82) is 0 Å². The van der Waals surface area contributed by atoms with Crippen LogP contribution in [0.25, 0.3) is 0 Å². The van der Waals surface area contributed by atoms with Crippen LogP contribution in [0.4, 0.5) is 5.69 Å². The SMILES string of the molecule is CC(C)C(Br)C(=O)Nc1cc(Cl)ccc1Cl.